The molecule has 25 heavy (non-hydrogen) atoms. The Morgan fingerprint density at radius 3 is 2.48 bits per heavy atom. The summed E-state index contributed by atoms with van der Waals surface area (Å²) in [5.41, 5.74) is 3.90. The van der Waals surface area contributed by atoms with Gasteiger partial charge >= 0.3 is 0 Å². The van der Waals surface area contributed by atoms with Gasteiger partial charge in [0.1, 0.15) is 0 Å². The maximum absolute atomic E-state index is 12.3. The summed E-state index contributed by atoms with van der Waals surface area (Å²) in [6.07, 6.45) is 0. The average molecular weight is 390 g/mol. The number of hydrogen-bond donors (Lipinski definition) is 1. The van der Waals surface area contributed by atoms with Crippen LogP contribution in [0.1, 0.15) is 27.0 Å². The van der Waals surface area contributed by atoms with Gasteiger partial charge in [-0.25, -0.2) is 0 Å². The van der Waals surface area contributed by atoms with Crippen LogP contribution in [0.15, 0.2) is 46.8 Å². The van der Waals surface area contributed by atoms with Crippen LogP contribution in [-0.4, -0.2) is 16.1 Å². The Hall–Kier alpha value is -1.89. The van der Waals surface area contributed by atoms with Gasteiger partial charge in [-0.15, -0.1) is 10.2 Å². The van der Waals surface area contributed by atoms with E-state index in [9.17, 15) is 4.79 Å². The third-order valence-electron chi connectivity index (χ3n) is 3.39. The summed E-state index contributed by atoms with van der Waals surface area (Å²) < 4.78 is 0.811. The Morgan fingerprint density at radius 2 is 1.80 bits per heavy atom. The highest BCUT2D eigenvalue weighted by Gasteiger charge is 2.11. The Bertz CT molecular complexity index is 873. The predicted molar refractivity (Wildman–Crippen MR) is 105 cm³/mol. The fourth-order valence-corrected chi connectivity index (χ4v) is 4.15. The maximum Gasteiger partial charge on any atom is 0.257 e. The molecule has 1 amide bonds. The van der Waals surface area contributed by atoms with E-state index >= 15 is 0 Å². The molecule has 128 valence electrons. The van der Waals surface area contributed by atoms with Crippen LogP contribution in [0.4, 0.5) is 5.13 Å². The molecule has 0 unspecified atom stereocenters. The highest BCUT2D eigenvalue weighted by atomic mass is 35.5. The van der Waals surface area contributed by atoms with Crippen LogP contribution in [0.3, 0.4) is 0 Å². The fourth-order valence-electron chi connectivity index (χ4n) is 2.32. The number of halogens is 1. The van der Waals surface area contributed by atoms with Gasteiger partial charge in [0.2, 0.25) is 5.13 Å². The van der Waals surface area contributed by atoms with Crippen LogP contribution in [0.5, 0.6) is 0 Å². The smallest absolute Gasteiger partial charge is 0.257 e. The molecule has 0 fully saturated rings. The molecule has 0 aliphatic heterocycles. The first-order valence-corrected chi connectivity index (χ1v) is 9.78. The lowest BCUT2D eigenvalue weighted by molar-refractivity contribution is 0.102. The standard InChI is InChI=1S/C18H16ClN3OS2/c1-11-7-12(2)9-14(8-11)16(23)20-17-21-22-18(25-17)24-10-13-3-5-15(19)6-4-13/h3-9H,10H2,1-2H3,(H,20,21,23). The number of rotatable bonds is 5. The van der Waals surface area contributed by atoms with Crippen molar-refractivity contribution < 1.29 is 4.79 Å². The molecule has 7 heteroatoms. The number of carbonyl (C=O) groups is 1. The van der Waals surface area contributed by atoms with E-state index in [1.54, 1.807) is 11.8 Å². The van der Waals surface area contributed by atoms with E-state index in [0.717, 1.165) is 31.8 Å². The normalized spacial score (nSPS) is 10.7. The zero-order valence-electron chi connectivity index (χ0n) is 13.7. The fraction of sp³-hybridized carbons (Fsp3) is 0.167. The maximum atomic E-state index is 12.3. The summed E-state index contributed by atoms with van der Waals surface area (Å²) in [7, 11) is 0. The number of hydrogen-bond acceptors (Lipinski definition) is 5. The molecule has 0 aliphatic rings. The molecule has 2 aromatic carbocycles. The van der Waals surface area contributed by atoms with E-state index in [1.165, 1.54) is 11.3 Å². The van der Waals surface area contributed by atoms with E-state index in [-0.39, 0.29) is 5.91 Å². The lowest BCUT2D eigenvalue weighted by Crippen LogP contribution is -2.12. The molecule has 3 aromatic rings. The molecular formula is C18H16ClN3OS2. The third kappa shape index (κ3) is 5.04. The van der Waals surface area contributed by atoms with Crippen molar-refractivity contribution in [2.45, 2.75) is 23.9 Å². The lowest BCUT2D eigenvalue weighted by atomic mass is 10.1. The summed E-state index contributed by atoms with van der Waals surface area (Å²) in [4.78, 5) is 12.3. The molecule has 0 aliphatic carbocycles. The van der Waals surface area contributed by atoms with Crippen LogP contribution in [0, 0.1) is 13.8 Å². The number of anilines is 1. The van der Waals surface area contributed by atoms with E-state index in [1.807, 2.05) is 56.3 Å². The quantitative estimate of drug-likeness (QED) is 0.471. The van der Waals surface area contributed by atoms with E-state index in [0.29, 0.717) is 10.7 Å². The molecule has 1 heterocycles. The van der Waals surface area contributed by atoms with E-state index in [2.05, 4.69) is 15.5 Å². The number of benzene rings is 2. The van der Waals surface area contributed by atoms with Crippen molar-refractivity contribution in [3.63, 3.8) is 0 Å². The minimum absolute atomic E-state index is 0.169. The van der Waals surface area contributed by atoms with Crippen molar-refractivity contribution in [1.29, 1.82) is 0 Å². The molecule has 0 spiro atoms. The first-order chi connectivity index (χ1) is 12.0. The van der Waals surface area contributed by atoms with E-state index < -0.39 is 0 Å². The van der Waals surface area contributed by atoms with Gasteiger partial charge in [0.15, 0.2) is 4.34 Å². The van der Waals surface area contributed by atoms with Crippen LogP contribution >= 0.6 is 34.7 Å². The Labute approximate surface area is 159 Å². The van der Waals surface area contributed by atoms with Crippen molar-refractivity contribution in [1.82, 2.24) is 10.2 Å². The first-order valence-electron chi connectivity index (χ1n) is 7.60. The molecule has 0 bridgehead atoms. The number of nitrogens with one attached hydrogen (secondary N) is 1. The topological polar surface area (TPSA) is 54.9 Å². The Kier molecular flexibility index (Phi) is 5.73. The van der Waals surface area contributed by atoms with Gasteiger partial charge in [-0.3, -0.25) is 10.1 Å². The zero-order valence-corrected chi connectivity index (χ0v) is 16.1. The molecule has 0 radical (unpaired) electrons. The number of thioether (sulfide) groups is 1. The molecule has 3 rings (SSSR count). The minimum Gasteiger partial charge on any atom is -0.296 e. The van der Waals surface area contributed by atoms with Gasteiger partial charge in [0.05, 0.1) is 0 Å². The van der Waals surface area contributed by atoms with Crippen LogP contribution in [0.2, 0.25) is 5.02 Å². The molecule has 0 atom stereocenters. The van der Waals surface area contributed by atoms with Crippen molar-refractivity contribution in [2.75, 3.05) is 5.32 Å². The number of carbonyl (C=O) groups excluding carboxylic acids is 1. The van der Waals surface area contributed by atoms with Crippen molar-refractivity contribution >= 4 is 45.7 Å². The average Bonchev–Trinajstić information content (AvgIpc) is 3.01. The largest absolute Gasteiger partial charge is 0.296 e. The van der Waals surface area contributed by atoms with Gasteiger partial charge in [-0.1, -0.05) is 64.0 Å². The monoisotopic (exact) mass is 389 g/mol. The van der Waals surface area contributed by atoms with Gasteiger partial charge in [-0.2, -0.15) is 0 Å². The second kappa shape index (κ2) is 7.99. The van der Waals surface area contributed by atoms with Gasteiger partial charge < -0.3 is 0 Å². The van der Waals surface area contributed by atoms with Gasteiger partial charge in [0.25, 0.3) is 5.91 Å². The summed E-state index contributed by atoms with van der Waals surface area (Å²) in [6, 6.07) is 13.5. The number of amides is 1. The first kappa shape index (κ1) is 17.9. The number of nitrogens with zero attached hydrogens (tertiary/aromatic N) is 2. The van der Waals surface area contributed by atoms with Gasteiger partial charge in [0, 0.05) is 16.3 Å². The van der Waals surface area contributed by atoms with E-state index in [4.69, 9.17) is 11.6 Å². The van der Waals surface area contributed by atoms with Crippen LogP contribution < -0.4 is 5.32 Å². The highest BCUT2D eigenvalue weighted by molar-refractivity contribution is 8.00. The SMILES string of the molecule is Cc1cc(C)cc(C(=O)Nc2nnc(SCc3ccc(Cl)cc3)s2)c1. The predicted octanol–water partition coefficient (Wildman–Crippen LogP) is 5.35. The second-order valence-corrected chi connectivity index (χ2v) is 8.26. The molecular weight excluding hydrogens is 374 g/mol. The summed E-state index contributed by atoms with van der Waals surface area (Å²) >= 11 is 8.83. The summed E-state index contributed by atoms with van der Waals surface area (Å²) in [5, 5.41) is 12.2. The zero-order chi connectivity index (χ0) is 17.8. The number of aryl methyl sites for hydroxylation is 2. The molecule has 0 saturated carbocycles. The molecule has 1 N–H and O–H groups in total. The van der Waals surface area contributed by atoms with Crippen LogP contribution in [-0.2, 0) is 5.75 Å². The van der Waals surface area contributed by atoms with Crippen molar-refractivity contribution in [2.24, 2.45) is 0 Å². The number of aromatic nitrogens is 2. The molecule has 0 saturated heterocycles. The summed E-state index contributed by atoms with van der Waals surface area (Å²) in [5.74, 6) is 0.605. The lowest BCUT2D eigenvalue weighted by Gasteiger charge is -2.04. The summed E-state index contributed by atoms with van der Waals surface area (Å²) in [6.45, 7) is 3.94. The van der Waals surface area contributed by atoms with Crippen molar-refractivity contribution in [3.05, 3.63) is 69.7 Å². The highest BCUT2D eigenvalue weighted by Crippen LogP contribution is 2.29. The molecule has 1 aromatic heterocycles. The van der Waals surface area contributed by atoms with Gasteiger partial charge in [-0.05, 0) is 43.7 Å². The van der Waals surface area contributed by atoms with Crippen LogP contribution in [0.25, 0.3) is 0 Å². The van der Waals surface area contributed by atoms with Crippen molar-refractivity contribution in [3.8, 4) is 0 Å². The Balaban J connectivity index is 1.61. The minimum atomic E-state index is -0.169. The molecule has 4 nitrogen and oxygen atoms in total. The second-order valence-electron chi connectivity index (χ2n) is 5.62. The Morgan fingerprint density at radius 1 is 1.12 bits per heavy atom. The third-order valence-corrected chi connectivity index (χ3v) is 5.68.